The number of benzene rings is 8. The normalized spacial score (nSPS) is 14.0. The first-order valence-corrected chi connectivity index (χ1v) is 20.2. The van der Waals surface area contributed by atoms with Crippen molar-refractivity contribution in [3.63, 3.8) is 0 Å². The molecule has 0 N–H and O–H groups in total. The third-order valence-corrected chi connectivity index (χ3v) is 12.6. The zero-order chi connectivity index (χ0) is 38.8. The molecule has 274 valence electrons. The molecule has 2 heteroatoms. The number of hydrogen-bond acceptors (Lipinski definition) is 2. The summed E-state index contributed by atoms with van der Waals surface area (Å²) >= 11 is 0. The molecule has 8 aromatic carbocycles. The maximum atomic E-state index is 5.03. The average Bonchev–Trinajstić information content (AvgIpc) is 3.59. The molecule has 2 aliphatic rings. The van der Waals surface area contributed by atoms with E-state index in [4.69, 9.17) is 9.97 Å². The van der Waals surface area contributed by atoms with E-state index in [0.717, 1.165) is 33.6 Å². The van der Waals surface area contributed by atoms with Crippen molar-refractivity contribution < 1.29 is 0 Å². The van der Waals surface area contributed by atoms with E-state index in [1.807, 2.05) is 36.4 Å². The van der Waals surface area contributed by atoms with Crippen LogP contribution in [0.15, 0.2) is 206 Å². The van der Waals surface area contributed by atoms with E-state index < -0.39 is 0 Å². The second kappa shape index (κ2) is 13.2. The molecular formula is C56H40N2. The highest BCUT2D eigenvalue weighted by Crippen LogP contribution is 2.62. The lowest BCUT2D eigenvalue weighted by Gasteiger charge is -2.46. The van der Waals surface area contributed by atoms with Crippen LogP contribution in [0.3, 0.4) is 0 Å². The Morgan fingerprint density at radius 2 is 0.690 bits per heavy atom. The smallest absolute Gasteiger partial charge is 0.160 e. The molecule has 0 saturated carbocycles. The number of hydrogen-bond donors (Lipinski definition) is 0. The molecule has 58 heavy (non-hydrogen) atoms. The van der Waals surface area contributed by atoms with Crippen molar-refractivity contribution in [2.24, 2.45) is 0 Å². The molecule has 11 rings (SSSR count). The quantitative estimate of drug-likeness (QED) is 0.176. The number of fused-ring (bicyclic) bond motifs is 9. The maximum Gasteiger partial charge on any atom is 0.160 e. The van der Waals surface area contributed by atoms with Gasteiger partial charge < -0.3 is 0 Å². The largest absolute Gasteiger partial charge is 0.228 e. The van der Waals surface area contributed by atoms with Crippen LogP contribution in [0.1, 0.15) is 47.2 Å². The standard InChI is InChI=1S/C56H40N2/c1-55(2)48-21-11-13-23-50(48)56(51-24-14-12-22-49(51)55)46-20-10-9-19-44(46)45-35-43(33-34-47(45)56)39-27-25-37(26-28-39)38-29-31-42(32-30-38)54-57-52(40-15-5-3-6-16-40)36-53(58-54)41-17-7-4-8-18-41/h3-36H,1-2H3. The minimum Gasteiger partial charge on any atom is -0.228 e. The highest BCUT2D eigenvalue weighted by Gasteiger charge is 2.53. The topological polar surface area (TPSA) is 25.8 Å². The van der Waals surface area contributed by atoms with Gasteiger partial charge in [0, 0.05) is 22.1 Å². The Labute approximate surface area is 340 Å². The Morgan fingerprint density at radius 3 is 1.22 bits per heavy atom. The maximum absolute atomic E-state index is 5.03. The second-order valence-corrected chi connectivity index (χ2v) is 16.1. The van der Waals surface area contributed by atoms with E-state index in [2.05, 4.69) is 184 Å². The first-order valence-electron chi connectivity index (χ1n) is 20.2. The van der Waals surface area contributed by atoms with Gasteiger partial charge in [-0.3, -0.25) is 0 Å². The molecular weight excluding hydrogens is 701 g/mol. The molecule has 0 radical (unpaired) electrons. The Hall–Kier alpha value is -7.16. The zero-order valence-electron chi connectivity index (χ0n) is 32.5. The lowest BCUT2D eigenvalue weighted by molar-refractivity contribution is 0.563. The molecule has 0 amide bonds. The third kappa shape index (κ3) is 5.18. The lowest BCUT2D eigenvalue weighted by Crippen LogP contribution is -2.40. The van der Waals surface area contributed by atoms with Gasteiger partial charge in [0.15, 0.2) is 5.82 Å². The molecule has 1 aromatic heterocycles. The van der Waals surface area contributed by atoms with Gasteiger partial charge in [0.2, 0.25) is 0 Å². The number of aromatic nitrogens is 2. The molecule has 0 bridgehead atoms. The molecule has 1 spiro atoms. The van der Waals surface area contributed by atoms with E-state index in [1.54, 1.807) is 0 Å². The zero-order valence-corrected chi connectivity index (χ0v) is 32.5. The Morgan fingerprint density at radius 1 is 0.293 bits per heavy atom. The van der Waals surface area contributed by atoms with Crippen molar-refractivity contribution in [3.8, 4) is 67.3 Å². The van der Waals surface area contributed by atoms with E-state index in [-0.39, 0.29) is 10.8 Å². The van der Waals surface area contributed by atoms with E-state index in [9.17, 15) is 0 Å². The molecule has 0 saturated heterocycles. The van der Waals surface area contributed by atoms with Crippen LogP contribution >= 0.6 is 0 Å². The number of rotatable bonds is 5. The minimum atomic E-state index is -0.375. The fourth-order valence-corrected chi connectivity index (χ4v) is 9.80. The van der Waals surface area contributed by atoms with Crippen LogP contribution in [-0.4, -0.2) is 9.97 Å². The van der Waals surface area contributed by atoms with Gasteiger partial charge in [-0.15, -0.1) is 0 Å². The van der Waals surface area contributed by atoms with Crippen molar-refractivity contribution in [1.29, 1.82) is 0 Å². The third-order valence-electron chi connectivity index (χ3n) is 12.6. The summed E-state index contributed by atoms with van der Waals surface area (Å²) in [5.74, 6) is 0.714. The van der Waals surface area contributed by atoms with Gasteiger partial charge in [-0.05, 0) is 78.9 Å². The van der Waals surface area contributed by atoms with Crippen molar-refractivity contribution >= 4 is 0 Å². The Bertz CT molecular complexity index is 2890. The summed E-state index contributed by atoms with van der Waals surface area (Å²) in [6.45, 7) is 4.75. The van der Waals surface area contributed by atoms with Crippen LogP contribution in [0.2, 0.25) is 0 Å². The van der Waals surface area contributed by atoms with Crippen molar-refractivity contribution in [2.75, 3.05) is 0 Å². The Kier molecular flexibility index (Phi) is 7.78. The molecule has 0 aliphatic heterocycles. The van der Waals surface area contributed by atoms with Gasteiger partial charge in [0.25, 0.3) is 0 Å². The molecule has 2 aliphatic carbocycles. The average molecular weight is 741 g/mol. The van der Waals surface area contributed by atoms with Crippen LogP contribution in [0.4, 0.5) is 0 Å². The Balaban J connectivity index is 0.946. The summed E-state index contributed by atoms with van der Waals surface area (Å²) < 4.78 is 0. The molecule has 9 aromatic rings. The molecule has 0 atom stereocenters. The van der Waals surface area contributed by atoms with E-state index in [1.165, 1.54) is 61.2 Å². The van der Waals surface area contributed by atoms with Crippen molar-refractivity contribution in [3.05, 3.63) is 240 Å². The predicted molar refractivity (Wildman–Crippen MR) is 239 cm³/mol. The first-order chi connectivity index (χ1) is 28.5. The van der Waals surface area contributed by atoms with Gasteiger partial charge in [0.05, 0.1) is 16.8 Å². The molecule has 2 nitrogen and oxygen atoms in total. The van der Waals surface area contributed by atoms with Crippen molar-refractivity contribution in [2.45, 2.75) is 24.7 Å². The van der Waals surface area contributed by atoms with E-state index in [0.29, 0.717) is 5.82 Å². The van der Waals surface area contributed by atoms with Gasteiger partial charge in [-0.1, -0.05) is 208 Å². The molecule has 1 heterocycles. The van der Waals surface area contributed by atoms with E-state index >= 15 is 0 Å². The summed E-state index contributed by atoms with van der Waals surface area (Å²) in [6, 6.07) is 74.8. The van der Waals surface area contributed by atoms with Crippen LogP contribution in [0.5, 0.6) is 0 Å². The highest BCUT2D eigenvalue weighted by molar-refractivity contribution is 5.91. The van der Waals surface area contributed by atoms with Gasteiger partial charge >= 0.3 is 0 Å². The van der Waals surface area contributed by atoms with Crippen LogP contribution in [-0.2, 0) is 10.8 Å². The van der Waals surface area contributed by atoms with Crippen LogP contribution < -0.4 is 0 Å². The van der Waals surface area contributed by atoms with Gasteiger partial charge in [0.1, 0.15) is 0 Å². The molecule has 0 fully saturated rings. The second-order valence-electron chi connectivity index (χ2n) is 16.1. The predicted octanol–water partition coefficient (Wildman–Crippen LogP) is 13.8. The number of nitrogens with zero attached hydrogens (tertiary/aromatic N) is 2. The summed E-state index contributed by atoms with van der Waals surface area (Å²) in [7, 11) is 0. The monoisotopic (exact) mass is 740 g/mol. The SMILES string of the molecule is CC1(C)c2ccccc2C2(c3ccccc3-c3cc(-c4ccc(-c5ccc(-c6nc(-c7ccccc7)cc(-c7ccccc7)n6)cc5)cc4)ccc32)c2ccccc21. The molecule has 0 unspecified atom stereocenters. The fourth-order valence-electron chi connectivity index (χ4n) is 9.80. The minimum absolute atomic E-state index is 0.106. The summed E-state index contributed by atoms with van der Waals surface area (Å²) in [6.07, 6.45) is 0. The first kappa shape index (κ1) is 34.1. The lowest BCUT2D eigenvalue weighted by atomic mass is 9.55. The summed E-state index contributed by atoms with van der Waals surface area (Å²) in [5, 5.41) is 0. The van der Waals surface area contributed by atoms with Crippen LogP contribution in [0.25, 0.3) is 67.3 Å². The van der Waals surface area contributed by atoms with Gasteiger partial charge in [-0.2, -0.15) is 0 Å². The summed E-state index contributed by atoms with van der Waals surface area (Å²) in [5.41, 5.74) is 20.1. The highest BCUT2D eigenvalue weighted by atomic mass is 14.9. The van der Waals surface area contributed by atoms with Crippen molar-refractivity contribution in [1.82, 2.24) is 9.97 Å². The summed E-state index contributed by atoms with van der Waals surface area (Å²) in [4.78, 5) is 10.1. The fraction of sp³-hybridized carbons (Fsp3) is 0.0714. The van der Waals surface area contributed by atoms with Gasteiger partial charge in [-0.25, -0.2) is 9.97 Å². The van der Waals surface area contributed by atoms with Crippen LogP contribution in [0, 0.1) is 0 Å².